The maximum Gasteiger partial charge on any atom is 0.0878 e. The van der Waals surface area contributed by atoms with Crippen molar-refractivity contribution < 1.29 is 0 Å². The molecule has 2 aromatic rings. The molecule has 84 valence electrons. The Labute approximate surface area is 100 Å². The van der Waals surface area contributed by atoms with Crippen LogP contribution in [0.2, 0.25) is 0 Å². The summed E-state index contributed by atoms with van der Waals surface area (Å²) in [6, 6.07) is 18.3. The lowest BCUT2D eigenvalue weighted by molar-refractivity contribution is 1.02. The monoisotopic (exact) mass is 223 g/mol. The summed E-state index contributed by atoms with van der Waals surface area (Å²) in [5.41, 5.74) is 6.57. The average Bonchev–Trinajstić information content (AvgIpc) is 2.40. The number of rotatable bonds is 2. The second-order valence-corrected chi connectivity index (χ2v) is 3.89. The number of para-hydroxylation sites is 3. The second-order valence-electron chi connectivity index (χ2n) is 3.89. The molecule has 0 unspecified atom stereocenters. The van der Waals surface area contributed by atoms with Gasteiger partial charge in [0.1, 0.15) is 0 Å². The van der Waals surface area contributed by atoms with Gasteiger partial charge in [0.2, 0.25) is 0 Å². The Kier molecular flexibility index (Phi) is 2.50. The zero-order chi connectivity index (χ0) is 11.5. The van der Waals surface area contributed by atoms with Gasteiger partial charge in [-0.05, 0) is 24.3 Å². The van der Waals surface area contributed by atoms with Gasteiger partial charge in [0.05, 0.1) is 23.6 Å². The standard InChI is InChI=1S/C14H13N3/c1-2-6-12(7-3-1)16-17-11-10-15-13-8-4-5-9-14(13)17/h1-10,16H,11H2. The van der Waals surface area contributed by atoms with Crippen LogP contribution in [-0.4, -0.2) is 12.8 Å². The summed E-state index contributed by atoms with van der Waals surface area (Å²) >= 11 is 0. The Hall–Kier alpha value is -2.29. The van der Waals surface area contributed by atoms with E-state index >= 15 is 0 Å². The van der Waals surface area contributed by atoms with Crippen molar-refractivity contribution in [1.82, 2.24) is 0 Å². The molecular formula is C14H13N3. The SMILES string of the molecule is C1=Nc2ccccc2N(Nc2ccccc2)C1. The minimum Gasteiger partial charge on any atom is -0.298 e. The lowest BCUT2D eigenvalue weighted by Crippen LogP contribution is -2.33. The van der Waals surface area contributed by atoms with Crippen molar-refractivity contribution in [1.29, 1.82) is 0 Å². The first-order valence-corrected chi connectivity index (χ1v) is 5.64. The summed E-state index contributed by atoms with van der Waals surface area (Å²) in [4.78, 5) is 4.38. The van der Waals surface area contributed by atoms with E-state index < -0.39 is 0 Å². The van der Waals surface area contributed by atoms with Crippen LogP contribution in [-0.2, 0) is 0 Å². The van der Waals surface area contributed by atoms with E-state index in [0.717, 1.165) is 23.6 Å². The smallest absolute Gasteiger partial charge is 0.0878 e. The van der Waals surface area contributed by atoms with Gasteiger partial charge in [-0.2, -0.15) is 0 Å². The van der Waals surface area contributed by atoms with Crippen LogP contribution in [0.25, 0.3) is 0 Å². The third kappa shape index (κ3) is 1.99. The molecule has 17 heavy (non-hydrogen) atoms. The van der Waals surface area contributed by atoms with Crippen molar-refractivity contribution in [3.63, 3.8) is 0 Å². The van der Waals surface area contributed by atoms with Crippen molar-refractivity contribution in [3.8, 4) is 0 Å². The largest absolute Gasteiger partial charge is 0.298 e. The van der Waals surface area contributed by atoms with Gasteiger partial charge in [0.25, 0.3) is 0 Å². The molecule has 1 aliphatic rings. The molecule has 0 radical (unpaired) electrons. The van der Waals surface area contributed by atoms with Crippen LogP contribution in [0.4, 0.5) is 17.1 Å². The van der Waals surface area contributed by atoms with Gasteiger partial charge in [-0.3, -0.25) is 15.4 Å². The Morgan fingerprint density at radius 2 is 1.71 bits per heavy atom. The number of nitrogens with zero attached hydrogens (tertiary/aromatic N) is 2. The molecule has 3 rings (SSSR count). The van der Waals surface area contributed by atoms with Crippen molar-refractivity contribution in [2.45, 2.75) is 0 Å². The minimum atomic E-state index is 0.770. The van der Waals surface area contributed by atoms with Crippen LogP contribution in [0.1, 0.15) is 0 Å². The summed E-state index contributed by atoms with van der Waals surface area (Å²) in [5, 5.41) is 2.09. The number of anilines is 2. The van der Waals surface area contributed by atoms with E-state index in [4.69, 9.17) is 0 Å². The summed E-state index contributed by atoms with van der Waals surface area (Å²) in [6.45, 7) is 0.770. The van der Waals surface area contributed by atoms with Gasteiger partial charge in [-0.15, -0.1) is 0 Å². The molecule has 1 heterocycles. The number of aliphatic imine (C=N–C) groups is 1. The predicted octanol–water partition coefficient (Wildman–Crippen LogP) is 3.24. The molecule has 0 saturated carbocycles. The van der Waals surface area contributed by atoms with E-state index in [1.807, 2.05) is 54.7 Å². The van der Waals surface area contributed by atoms with Crippen LogP contribution in [0, 0.1) is 0 Å². The number of hydrazine groups is 1. The first-order chi connectivity index (χ1) is 8.43. The fraction of sp³-hybridized carbons (Fsp3) is 0.0714. The molecule has 0 aliphatic carbocycles. The molecule has 0 fully saturated rings. The number of nitrogens with one attached hydrogen (secondary N) is 1. The summed E-state index contributed by atoms with van der Waals surface area (Å²) < 4.78 is 0. The van der Waals surface area contributed by atoms with E-state index in [9.17, 15) is 0 Å². The Morgan fingerprint density at radius 1 is 0.941 bits per heavy atom. The third-order valence-corrected chi connectivity index (χ3v) is 2.70. The highest BCUT2D eigenvalue weighted by Crippen LogP contribution is 2.30. The van der Waals surface area contributed by atoms with Gasteiger partial charge in [-0.1, -0.05) is 30.3 Å². The molecule has 3 nitrogen and oxygen atoms in total. The maximum absolute atomic E-state index is 4.38. The highest BCUT2D eigenvalue weighted by atomic mass is 15.5. The average molecular weight is 223 g/mol. The Morgan fingerprint density at radius 3 is 2.59 bits per heavy atom. The molecule has 0 aromatic heterocycles. The number of fused-ring (bicyclic) bond motifs is 1. The molecule has 1 N–H and O–H groups in total. The molecule has 0 atom stereocenters. The highest BCUT2D eigenvalue weighted by molar-refractivity contribution is 5.82. The predicted molar refractivity (Wildman–Crippen MR) is 72.0 cm³/mol. The van der Waals surface area contributed by atoms with Gasteiger partial charge in [0.15, 0.2) is 0 Å². The topological polar surface area (TPSA) is 27.6 Å². The van der Waals surface area contributed by atoms with Crippen LogP contribution in [0.15, 0.2) is 59.6 Å². The van der Waals surface area contributed by atoms with Crippen molar-refractivity contribution >= 4 is 23.3 Å². The Balaban J connectivity index is 1.88. The number of hydrogen-bond acceptors (Lipinski definition) is 3. The van der Waals surface area contributed by atoms with Crippen LogP contribution in [0.3, 0.4) is 0 Å². The third-order valence-electron chi connectivity index (χ3n) is 2.70. The zero-order valence-corrected chi connectivity index (χ0v) is 9.38. The molecule has 0 spiro atoms. The van der Waals surface area contributed by atoms with Crippen molar-refractivity contribution in [3.05, 3.63) is 54.6 Å². The molecule has 2 aromatic carbocycles. The first kappa shape index (κ1) is 9.90. The highest BCUT2D eigenvalue weighted by Gasteiger charge is 2.12. The molecule has 0 bridgehead atoms. The van der Waals surface area contributed by atoms with Crippen LogP contribution < -0.4 is 10.4 Å². The lowest BCUT2D eigenvalue weighted by Gasteiger charge is -2.28. The normalized spacial score (nSPS) is 13.3. The Bertz CT molecular complexity index is 534. The maximum atomic E-state index is 4.38. The second kappa shape index (κ2) is 4.29. The molecule has 3 heteroatoms. The van der Waals surface area contributed by atoms with E-state index in [-0.39, 0.29) is 0 Å². The van der Waals surface area contributed by atoms with Crippen LogP contribution >= 0.6 is 0 Å². The minimum absolute atomic E-state index is 0.770. The van der Waals surface area contributed by atoms with Crippen molar-refractivity contribution in [2.24, 2.45) is 4.99 Å². The van der Waals surface area contributed by atoms with Gasteiger partial charge >= 0.3 is 0 Å². The van der Waals surface area contributed by atoms with E-state index in [1.54, 1.807) is 0 Å². The van der Waals surface area contributed by atoms with E-state index in [1.165, 1.54) is 0 Å². The molecule has 0 amide bonds. The van der Waals surface area contributed by atoms with Gasteiger partial charge in [-0.25, -0.2) is 0 Å². The summed E-state index contributed by atoms with van der Waals surface area (Å²) in [7, 11) is 0. The molecule has 1 aliphatic heterocycles. The summed E-state index contributed by atoms with van der Waals surface area (Å²) in [6.07, 6.45) is 1.91. The molecule has 0 saturated heterocycles. The van der Waals surface area contributed by atoms with Crippen LogP contribution in [0.5, 0.6) is 0 Å². The van der Waals surface area contributed by atoms with E-state index in [2.05, 4.69) is 21.5 Å². The fourth-order valence-electron chi connectivity index (χ4n) is 1.90. The van der Waals surface area contributed by atoms with Gasteiger partial charge < -0.3 is 0 Å². The first-order valence-electron chi connectivity index (χ1n) is 5.64. The van der Waals surface area contributed by atoms with E-state index in [0.29, 0.717) is 0 Å². The lowest BCUT2D eigenvalue weighted by atomic mass is 10.2. The quantitative estimate of drug-likeness (QED) is 0.846. The van der Waals surface area contributed by atoms with Gasteiger partial charge in [0, 0.05) is 6.21 Å². The summed E-state index contributed by atoms with van der Waals surface area (Å²) in [5.74, 6) is 0. The zero-order valence-electron chi connectivity index (χ0n) is 9.38. The fourth-order valence-corrected chi connectivity index (χ4v) is 1.90. The number of hydrogen-bond donors (Lipinski definition) is 1. The molecular weight excluding hydrogens is 210 g/mol. The van der Waals surface area contributed by atoms with Crippen molar-refractivity contribution in [2.75, 3.05) is 17.0 Å². The number of benzene rings is 2.